The van der Waals surface area contributed by atoms with Gasteiger partial charge in [0.15, 0.2) is 0 Å². The van der Waals surface area contributed by atoms with Crippen LogP contribution < -0.4 is 15.4 Å². The Morgan fingerprint density at radius 1 is 1.10 bits per heavy atom. The van der Waals surface area contributed by atoms with Crippen LogP contribution in [0.15, 0.2) is 41.1 Å². The summed E-state index contributed by atoms with van der Waals surface area (Å²) in [4.78, 5) is 63.7. The van der Waals surface area contributed by atoms with Crippen molar-refractivity contribution < 1.29 is 28.4 Å². The number of fused-ring (bicyclic) bond motifs is 4. The highest BCUT2D eigenvalue weighted by Gasteiger charge is 2.39. The molecule has 1 fully saturated rings. The van der Waals surface area contributed by atoms with Crippen LogP contribution in [0.5, 0.6) is 5.75 Å². The summed E-state index contributed by atoms with van der Waals surface area (Å²) >= 11 is 0. The number of aromatic amines is 1. The molecular weight excluding hydrogens is 614 g/mol. The SMILES string of the molecule is COc1cc2c(cc1-c1c(C)noc1C)[nH]c1nc(C(=O)NCCCCCc3cccc4c3CN(C3CCC(=O)NC3=O)C4=O)ncc12. The third-order valence-electron chi connectivity index (χ3n) is 9.26. The van der Waals surface area contributed by atoms with Gasteiger partial charge in [0.1, 0.15) is 23.2 Å². The van der Waals surface area contributed by atoms with Crippen molar-refractivity contribution in [2.45, 2.75) is 65.0 Å². The van der Waals surface area contributed by atoms with E-state index in [0.717, 1.165) is 69.9 Å². The molecule has 0 spiro atoms. The van der Waals surface area contributed by atoms with Crippen molar-refractivity contribution in [3.05, 3.63) is 70.5 Å². The molecule has 2 aliphatic rings. The maximum absolute atomic E-state index is 13.1. The summed E-state index contributed by atoms with van der Waals surface area (Å²) in [6, 6.07) is 8.96. The van der Waals surface area contributed by atoms with Gasteiger partial charge in [0.05, 0.1) is 18.4 Å². The molecule has 1 atom stereocenters. The number of methoxy groups -OCH3 is 1. The first-order valence-electron chi connectivity index (χ1n) is 16.1. The van der Waals surface area contributed by atoms with Crippen molar-refractivity contribution in [1.29, 1.82) is 0 Å². The number of nitrogens with one attached hydrogen (secondary N) is 3. The van der Waals surface area contributed by atoms with E-state index in [0.29, 0.717) is 42.2 Å². The zero-order valence-electron chi connectivity index (χ0n) is 26.9. The van der Waals surface area contributed by atoms with Crippen LogP contribution in [0.4, 0.5) is 0 Å². The molecule has 13 nitrogen and oxygen atoms in total. The Balaban J connectivity index is 0.947. The van der Waals surface area contributed by atoms with E-state index in [1.807, 2.05) is 38.1 Å². The van der Waals surface area contributed by atoms with E-state index in [4.69, 9.17) is 9.26 Å². The van der Waals surface area contributed by atoms with E-state index in [1.165, 1.54) is 0 Å². The number of imide groups is 1. The largest absolute Gasteiger partial charge is 0.496 e. The van der Waals surface area contributed by atoms with Gasteiger partial charge in [0.2, 0.25) is 17.6 Å². The van der Waals surface area contributed by atoms with Gasteiger partial charge >= 0.3 is 0 Å². The fourth-order valence-corrected chi connectivity index (χ4v) is 6.83. The second kappa shape index (κ2) is 12.5. The number of nitrogens with zero attached hydrogens (tertiary/aromatic N) is 4. The Morgan fingerprint density at radius 3 is 2.73 bits per heavy atom. The topological polar surface area (TPSA) is 172 Å². The average molecular weight is 650 g/mol. The van der Waals surface area contributed by atoms with Crippen LogP contribution in [0.2, 0.25) is 0 Å². The molecule has 2 aliphatic heterocycles. The van der Waals surface area contributed by atoms with Crippen LogP contribution in [-0.2, 0) is 22.6 Å². The molecule has 7 rings (SSSR count). The number of unbranched alkanes of at least 4 members (excludes halogenated alkanes) is 2. The molecule has 4 amide bonds. The molecule has 3 N–H and O–H groups in total. The fourth-order valence-electron chi connectivity index (χ4n) is 6.83. The predicted molar refractivity (Wildman–Crippen MR) is 175 cm³/mol. The highest BCUT2D eigenvalue weighted by molar-refractivity contribution is 6.09. The van der Waals surface area contributed by atoms with Crippen LogP contribution in [-0.4, -0.2) is 68.3 Å². The number of ether oxygens (including phenoxy) is 1. The van der Waals surface area contributed by atoms with Crippen LogP contribution in [0.1, 0.15) is 75.7 Å². The summed E-state index contributed by atoms with van der Waals surface area (Å²) < 4.78 is 11.1. The quantitative estimate of drug-likeness (QED) is 0.147. The van der Waals surface area contributed by atoms with Crippen LogP contribution >= 0.6 is 0 Å². The first-order chi connectivity index (χ1) is 23.2. The van der Waals surface area contributed by atoms with Crippen molar-refractivity contribution >= 4 is 45.6 Å². The lowest BCUT2D eigenvalue weighted by atomic mass is 9.98. The van der Waals surface area contributed by atoms with E-state index >= 15 is 0 Å². The molecule has 48 heavy (non-hydrogen) atoms. The molecule has 0 aliphatic carbocycles. The number of H-pyrrole nitrogens is 1. The summed E-state index contributed by atoms with van der Waals surface area (Å²) in [7, 11) is 1.62. The lowest BCUT2D eigenvalue weighted by Gasteiger charge is -2.29. The van der Waals surface area contributed by atoms with Gasteiger partial charge < -0.3 is 24.5 Å². The summed E-state index contributed by atoms with van der Waals surface area (Å²) in [5.74, 6) is 0.210. The van der Waals surface area contributed by atoms with E-state index in [2.05, 4.69) is 30.7 Å². The van der Waals surface area contributed by atoms with E-state index in [9.17, 15) is 19.2 Å². The average Bonchev–Trinajstić information content (AvgIpc) is 3.73. The van der Waals surface area contributed by atoms with Crippen LogP contribution in [0.25, 0.3) is 33.1 Å². The zero-order valence-corrected chi connectivity index (χ0v) is 26.9. The summed E-state index contributed by atoms with van der Waals surface area (Å²) in [6.45, 7) is 4.58. The maximum atomic E-state index is 13.1. The second-order valence-corrected chi connectivity index (χ2v) is 12.3. The highest BCUT2D eigenvalue weighted by atomic mass is 16.5. The number of amides is 4. The molecule has 2 aromatic carbocycles. The smallest absolute Gasteiger partial charge is 0.289 e. The Bertz CT molecular complexity index is 2100. The van der Waals surface area contributed by atoms with Gasteiger partial charge in [-0.15, -0.1) is 0 Å². The number of carbonyl (C=O) groups excluding carboxylic acids is 4. The number of rotatable bonds is 10. The third-order valence-corrected chi connectivity index (χ3v) is 9.26. The van der Waals surface area contributed by atoms with Crippen molar-refractivity contribution in [2.24, 2.45) is 0 Å². The zero-order chi connectivity index (χ0) is 33.5. The van der Waals surface area contributed by atoms with Gasteiger partial charge in [0, 0.05) is 53.1 Å². The van der Waals surface area contributed by atoms with Gasteiger partial charge in [0.25, 0.3) is 11.8 Å². The molecule has 5 heterocycles. The standard InChI is InChI=1S/C35H35N7O6/c1-18-30(19(2)48-41-18)23-14-26-22(15-28(23)47-3)24-16-37-32(40-31(24)38-26)34(45)36-13-6-4-5-8-20-9-7-10-21-25(20)17-42(35(21)46)27-11-12-29(43)39-33(27)44/h7,9-10,14-16,27H,4-6,8,11-13,17H2,1-3H3,(H,36,45)(H,37,38,40)(H,39,43,44). The highest BCUT2D eigenvalue weighted by Crippen LogP contribution is 2.39. The Hall–Kier alpha value is -5.59. The summed E-state index contributed by atoms with van der Waals surface area (Å²) in [5, 5.41) is 11.0. The predicted octanol–water partition coefficient (Wildman–Crippen LogP) is 4.30. The van der Waals surface area contributed by atoms with Crippen molar-refractivity contribution in [3.63, 3.8) is 0 Å². The molecule has 13 heteroatoms. The lowest BCUT2D eigenvalue weighted by molar-refractivity contribution is -0.136. The molecule has 0 radical (unpaired) electrons. The Morgan fingerprint density at radius 2 is 1.96 bits per heavy atom. The minimum atomic E-state index is -0.629. The molecule has 3 aromatic heterocycles. The number of aryl methyl sites for hydroxylation is 3. The number of piperidine rings is 1. The molecule has 5 aromatic rings. The first-order valence-corrected chi connectivity index (χ1v) is 16.1. The van der Waals surface area contributed by atoms with Crippen LogP contribution in [0, 0.1) is 13.8 Å². The third kappa shape index (κ3) is 5.54. The molecule has 246 valence electrons. The van der Waals surface area contributed by atoms with E-state index < -0.39 is 11.9 Å². The van der Waals surface area contributed by atoms with Crippen molar-refractivity contribution in [3.8, 4) is 16.9 Å². The van der Waals surface area contributed by atoms with Crippen molar-refractivity contribution in [2.75, 3.05) is 13.7 Å². The number of benzene rings is 2. The van der Waals surface area contributed by atoms with Gasteiger partial charge in [-0.2, -0.15) is 0 Å². The Labute approximate surface area is 275 Å². The molecule has 1 unspecified atom stereocenters. The van der Waals surface area contributed by atoms with E-state index in [-0.39, 0.29) is 30.0 Å². The number of carbonyl (C=O) groups is 4. The number of hydrogen-bond donors (Lipinski definition) is 3. The summed E-state index contributed by atoms with van der Waals surface area (Å²) in [5.41, 5.74) is 6.50. The Kier molecular flexibility index (Phi) is 8.11. The van der Waals surface area contributed by atoms with Gasteiger partial charge in [-0.3, -0.25) is 24.5 Å². The molecule has 0 bridgehead atoms. The van der Waals surface area contributed by atoms with Gasteiger partial charge in [-0.1, -0.05) is 23.7 Å². The molecule has 1 saturated heterocycles. The number of aromatic nitrogens is 4. The normalized spacial score (nSPS) is 16.1. The van der Waals surface area contributed by atoms with Gasteiger partial charge in [-0.25, -0.2) is 9.97 Å². The van der Waals surface area contributed by atoms with Crippen LogP contribution in [0.3, 0.4) is 0 Å². The van der Waals surface area contributed by atoms with Crippen molar-refractivity contribution in [1.82, 2.24) is 35.6 Å². The first kappa shape index (κ1) is 31.0. The second-order valence-electron chi connectivity index (χ2n) is 12.3. The van der Waals surface area contributed by atoms with E-state index in [1.54, 1.807) is 24.3 Å². The summed E-state index contributed by atoms with van der Waals surface area (Å²) in [6.07, 6.45) is 5.49. The molecule has 0 saturated carbocycles. The minimum Gasteiger partial charge on any atom is -0.496 e. The molecular formula is C35H35N7O6. The fraction of sp³-hybridized carbons (Fsp3) is 0.343. The lowest BCUT2D eigenvalue weighted by Crippen LogP contribution is -2.52. The maximum Gasteiger partial charge on any atom is 0.289 e. The number of hydrogen-bond acceptors (Lipinski definition) is 9. The monoisotopic (exact) mass is 649 g/mol. The van der Waals surface area contributed by atoms with Gasteiger partial charge in [-0.05, 0) is 68.9 Å². The minimum absolute atomic E-state index is 0.0806.